The second kappa shape index (κ2) is 6.12. The highest BCUT2D eigenvalue weighted by Gasteiger charge is 2.10. The fourth-order valence-electron chi connectivity index (χ4n) is 1.83. The zero-order valence-corrected chi connectivity index (χ0v) is 12.1. The highest BCUT2D eigenvalue weighted by atomic mass is 35.5. The molecule has 0 saturated carbocycles. The summed E-state index contributed by atoms with van der Waals surface area (Å²) in [4.78, 5) is 0. The molecule has 0 aliphatic rings. The van der Waals surface area contributed by atoms with E-state index in [1.165, 1.54) is 0 Å². The minimum Gasteiger partial charge on any atom is -0.310 e. The van der Waals surface area contributed by atoms with Crippen molar-refractivity contribution in [2.75, 3.05) is 6.54 Å². The predicted molar refractivity (Wildman–Crippen MR) is 75.4 cm³/mol. The van der Waals surface area contributed by atoms with Crippen LogP contribution in [0.1, 0.15) is 25.2 Å². The topological polar surface area (TPSA) is 55.6 Å². The van der Waals surface area contributed by atoms with Gasteiger partial charge in [-0.3, -0.25) is 0 Å². The molecule has 0 atom stereocenters. The minimum atomic E-state index is 0.599. The Balaban J connectivity index is 2.19. The van der Waals surface area contributed by atoms with Crippen molar-refractivity contribution in [1.82, 2.24) is 25.5 Å². The molecule has 19 heavy (non-hydrogen) atoms. The number of nitrogens with zero attached hydrogens (tertiary/aromatic N) is 4. The van der Waals surface area contributed by atoms with Crippen molar-refractivity contribution >= 4 is 11.6 Å². The summed E-state index contributed by atoms with van der Waals surface area (Å²) in [5.41, 5.74) is 2.00. The molecule has 0 spiro atoms. The lowest BCUT2D eigenvalue weighted by molar-refractivity contribution is 0.537. The Kier molecular flexibility index (Phi) is 4.50. The van der Waals surface area contributed by atoms with Crippen LogP contribution in [0, 0.1) is 12.8 Å². The molecule has 0 amide bonds. The second-order valence-electron chi connectivity index (χ2n) is 4.96. The molecule has 0 aliphatic heterocycles. The Bertz CT molecular complexity index is 550. The van der Waals surface area contributed by atoms with Gasteiger partial charge in [-0.25, -0.2) is 0 Å². The van der Waals surface area contributed by atoms with Gasteiger partial charge in [-0.05, 0) is 53.6 Å². The number of aryl methyl sites for hydroxylation is 1. The molecule has 2 rings (SSSR count). The average molecular weight is 280 g/mol. The SMILES string of the molecule is Cc1cc(Cl)ccc1-n1nnnc1CNCC(C)C. The normalized spacial score (nSPS) is 11.2. The summed E-state index contributed by atoms with van der Waals surface area (Å²) in [7, 11) is 0. The number of tetrazole rings is 1. The van der Waals surface area contributed by atoms with E-state index in [-0.39, 0.29) is 0 Å². The van der Waals surface area contributed by atoms with Crippen LogP contribution in [0.3, 0.4) is 0 Å². The molecule has 0 aliphatic carbocycles. The molecular weight excluding hydrogens is 262 g/mol. The fourth-order valence-corrected chi connectivity index (χ4v) is 2.06. The van der Waals surface area contributed by atoms with Gasteiger partial charge in [0.25, 0.3) is 0 Å². The lowest BCUT2D eigenvalue weighted by Gasteiger charge is -2.09. The largest absolute Gasteiger partial charge is 0.310 e. The van der Waals surface area contributed by atoms with Crippen LogP contribution in [-0.4, -0.2) is 26.8 Å². The summed E-state index contributed by atoms with van der Waals surface area (Å²) < 4.78 is 1.75. The van der Waals surface area contributed by atoms with Crippen LogP contribution in [0.4, 0.5) is 0 Å². The molecule has 0 radical (unpaired) electrons. The fraction of sp³-hybridized carbons (Fsp3) is 0.462. The second-order valence-corrected chi connectivity index (χ2v) is 5.40. The van der Waals surface area contributed by atoms with Gasteiger partial charge in [0.05, 0.1) is 12.2 Å². The zero-order valence-electron chi connectivity index (χ0n) is 11.4. The summed E-state index contributed by atoms with van der Waals surface area (Å²) >= 11 is 5.96. The number of halogens is 1. The number of nitrogens with one attached hydrogen (secondary N) is 1. The monoisotopic (exact) mass is 279 g/mol. The van der Waals surface area contributed by atoms with Gasteiger partial charge in [0.15, 0.2) is 5.82 Å². The molecule has 2 aromatic rings. The Morgan fingerprint density at radius 3 is 2.84 bits per heavy atom. The highest BCUT2D eigenvalue weighted by Crippen LogP contribution is 2.18. The molecule has 1 aromatic heterocycles. The van der Waals surface area contributed by atoms with Crippen LogP contribution in [0.5, 0.6) is 0 Å². The molecule has 1 aromatic carbocycles. The minimum absolute atomic E-state index is 0.599. The molecule has 102 valence electrons. The first kappa shape index (κ1) is 14.0. The van der Waals surface area contributed by atoms with Crippen molar-refractivity contribution in [3.63, 3.8) is 0 Å². The molecule has 0 fully saturated rings. The lowest BCUT2D eigenvalue weighted by Crippen LogP contribution is -2.21. The molecule has 0 unspecified atom stereocenters. The maximum Gasteiger partial charge on any atom is 0.170 e. The molecule has 1 N–H and O–H groups in total. The third kappa shape index (κ3) is 3.52. The quantitative estimate of drug-likeness (QED) is 0.913. The van der Waals surface area contributed by atoms with Crippen molar-refractivity contribution in [3.8, 4) is 5.69 Å². The molecule has 6 heteroatoms. The summed E-state index contributed by atoms with van der Waals surface area (Å²) in [6.45, 7) is 7.91. The van der Waals surface area contributed by atoms with Crippen molar-refractivity contribution in [3.05, 3.63) is 34.6 Å². The van der Waals surface area contributed by atoms with Crippen molar-refractivity contribution in [2.45, 2.75) is 27.3 Å². The third-order valence-corrected chi connectivity index (χ3v) is 2.99. The van der Waals surface area contributed by atoms with Gasteiger partial charge < -0.3 is 5.32 Å². The zero-order chi connectivity index (χ0) is 13.8. The van der Waals surface area contributed by atoms with E-state index >= 15 is 0 Å². The lowest BCUT2D eigenvalue weighted by atomic mass is 10.2. The molecule has 0 bridgehead atoms. The van der Waals surface area contributed by atoms with Gasteiger partial charge in [-0.15, -0.1) is 5.10 Å². The first-order valence-electron chi connectivity index (χ1n) is 6.32. The van der Waals surface area contributed by atoms with E-state index in [1.807, 2.05) is 25.1 Å². The number of benzene rings is 1. The van der Waals surface area contributed by atoms with Gasteiger partial charge in [0.2, 0.25) is 0 Å². The first-order valence-corrected chi connectivity index (χ1v) is 6.70. The number of hydrogen-bond acceptors (Lipinski definition) is 4. The van der Waals surface area contributed by atoms with Gasteiger partial charge in [0.1, 0.15) is 0 Å². The maximum absolute atomic E-state index is 5.96. The third-order valence-electron chi connectivity index (χ3n) is 2.76. The van der Waals surface area contributed by atoms with E-state index in [0.717, 1.165) is 23.6 Å². The Morgan fingerprint density at radius 1 is 1.37 bits per heavy atom. The van der Waals surface area contributed by atoms with E-state index < -0.39 is 0 Å². The van der Waals surface area contributed by atoms with Crippen LogP contribution in [0.15, 0.2) is 18.2 Å². The molecule has 1 heterocycles. The smallest absolute Gasteiger partial charge is 0.170 e. The Labute approximate surface area is 118 Å². The standard InChI is InChI=1S/C13H18ClN5/c1-9(2)7-15-8-13-16-17-18-19(13)12-5-4-11(14)6-10(12)3/h4-6,9,15H,7-8H2,1-3H3. The van der Waals surface area contributed by atoms with E-state index in [4.69, 9.17) is 11.6 Å². The Morgan fingerprint density at radius 2 is 2.16 bits per heavy atom. The maximum atomic E-state index is 5.96. The van der Waals surface area contributed by atoms with E-state index in [9.17, 15) is 0 Å². The van der Waals surface area contributed by atoms with Crippen molar-refractivity contribution < 1.29 is 0 Å². The van der Waals surface area contributed by atoms with E-state index in [2.05, 4.69) is 34.7 Å². The molecule has 0 saturated heterocycles. The van der Waals surface area contributed by atoms with Crippen LogP contribution in [-0.2, 0) is 6.54 Å². The van der Waals surface area contributed by atoms with Gasteiger partial charge in [-0.2, -0.15) is 4.68 Å². The summed E-state index contributed by atoms with van der Waals surface area (Å²) in [6, 6.07) is 5.68. The van der Waals surface area contributed by atoms with Gasteiger partial charge in [-0.1, -0.05) is 25.4 Å². The number of hydrogen-bond donors (Lipinski definition) is 1. The highest BCUT2D eigenvalue weighted by molar-refractivity contribution is 6.30. The van der Waals surface area contributed by atoms with Gasteiger partial charge >= 0.3 is 0 Å². The number of rotatable bonds is 5. The molecular formula is C13H18ClN5. The first-order chi connectivity index (χ1) is 9.08. The summed E-state index contributed by atoms with van der Waals surface area (Å²) in [5, 5.41) is 15.9. The van der Waals surface area contributed by atoms with Crippen LogP contribution in [0.25, 0.3) is 5.69 Å². The predicted octanol–water partition coefficient (Wildman–Crippen LogP) is 2.37. The van der Waals surface area contributed by atoms with E-state index in [0.29, 0.717) is 17.5 Å². The van der Waals surface area contributed by atoms with Crippen LogP contribution < -0.4 is 5.32 Å². The summed E-state index contributed by atoms with van der Waals surface area (Å²) in [5.74, 6) is 1.40. The van der Waals surface area contributed by atoms with Crippen molar-refractivity contribution in [2.24, 2.45) is 5.92 Å². The van der Waals surface area contributed by atoms with E-state index in [1.54, 1.807) is 4.68 Å². The summed E-state index contributed by atoms with van der Waals surface area (Å²) in [6.07, 6.45) is 0. The van der Waals surface area contributed by atoms with Crippen LogP contribution in [0.2, 0.25) is 5.02 Å². The van der Waals surface area contributed by atoms with Crippen molar-refractivity contribution in [1.29, 1.82) is 0 Å². The average Bonchev–Trinajstić information content (AvgIpc) is 2.77. The Hall–Kier alpha value is -1.46. The number of aromatic nitrogens is 4. The van der Waals surface area contributed by atoms with Gasteiger partial charge in [0, 0.05) is 5.02 Å². The molecule has 5 nitrogen and oxygen atoms in total. The van der Waals surface area contributed by atoms with Crippen LogP contribution >= 0.6 is 11.6 Å².